The molecular weight excluding hydrogens is 142 g/mol. The third-order valence-corrected chi connectivity index (χ3v) is 1.39. The van der Waals surface area contributed by atoms with Crippen molar-refractivity contribution < 1.29 is 0 Å². The summed E-state index contributed by atoms with van der Waals surface area (Å²) in [7, 11) is 4.10. The van der Waals surface area contributed by atoms with Gasteiger partial charge in [0.1, 0.15) is 0 Å². The van der Waals surface area contributed by atoms with Crippen molar-refractivity contribution in [2.24, 2.45) is 0 Å². The van der Waals surface area contributed by atoms with Crippen LogP contribution in [0, 0.1) is 0 Å². The first-order valence-corrected chi connectivity index (χ1v) is 3.66. The summed E-state index contributed by atoms with van der Waals surface area (Å²) in [5.74, 6) is 0.798. The number of aromatic amines is 1. The van der Waals surface area contributed by atoms with Crippen LogP contribution in [0.4, 0.5) is 0 Å². The van der Waals surface area contributed by atoms with E-state index in [2.05, 4.69) is 39.6 Å². The van der Waals surface area contributed by atoms with Crippen molar-refractivity contribution in [1.82, 2.24) is 25.5 Å². The number of hydrogen-bond acceptors (Lipinski definition) is 4. The highest BCUT2D eigenvalue weighted by molar-refractivity contribution is 4.75. The second kappa shape index (κ2) is 4.02. The van der Waals surface area contributed by atoms with E-state index in [-0.39, 0.29) is 0 Å². The van der Waals surface area contributed by atoms with Crippen LogP contribution < -0.4 is 0 Å². The maximum atomic E-state index is 3.85. The van der Waals surface area contributed by atoms with E-state index >= 15 is 0 Å². The van der Waals surface area contributed by atoms with Crippen LogP contribution in [-0.4, -0.2) is 46.2 Å². The quantitative estimate of drug-likeness (QED) is 0.648. The van der Waals surface area contributed by atoms with Gasteiger partial charge >= 0.3 is 0 Å². The van der Waals surface area contributed by atoms with Gasteiger partial charge in [0.05, 0.1) is 0 Å². The van der Waals surface area contributed by atoms with Crippen LogP contribution in [0.3, 0.4) is 0 Å². The maximum Gasteiger partial charge on any atom is 0.174 e. The molecule has 0 atom stereocenters. The molecule has 0 spiro atoms. The van der Waals surface area contributed by atoms with Gasteiger partial charge in [-0.15, -0.1) is 10.2 Å². The van der Waals surface area contributed by atoms with Gasteiger partial charge in [-0.2, -0.15) is 5.21 Å². The molecule has 5 nitrogen and oxygen atoms in total. The fourth-order valence-corrected chi connectivity index (χ4v) is 0.842. The number of nitrogens with one attached hydrogen (secondary N) is 1. The Morgan fingerprint density at radius 3 is 2.82 bits per heavy atom. The number of tetrazole rings is 1. The lowest BCUT2D eigenvalue weighted by Gasteiger charge is -2.06. The van der Waals surface area contributed by atoms with E-state index < -0.39 is 0 Å². The monoisotopic (exact) mass is 155 g/mol. The van der Waals surface area contributed by atoms with Crippen molar-refractivity contribution >= 4 is 0 Å². The van der Waals surface area contributed by atoms with Gasteiger partial charge in [-0.1, -0.05) is 5.21 Å². The van der Waals surface area contributed by atoms with Crippen LogP contribution in [0.2, 0.25) is 0 Å². The highest BCUT2D eigenvalue weighted by Gasteiger charge is 1.97. The van der Waals surface area contributed by atoms with E-state index in [1.807, 2.05) is 0 Å². The van der Waals surface area contributed by atoms with Crippen LogP contribution >= 0.6 is 0 Å². The Bertz CT molecular complexity index is 181. The Kier molecular flexibility index (Phi) is 2.97. The lowest BCUT2D eigenvalue weighted by Crippen LogP contribution is -2.13. The summed E-state index contributed by atoms with van der Waals surface area (Å²) in [5.41, 5.74) is 0. The number of aryl methyl sites for hydroxylation is 1. The summed E-state index contributed by atoms with van der Waals surface area (Å²) in [4.78, 5) is 2.14. The van der Waals surface area contributed by atoms with Gasteiger partial charge in [0.15, 0.2) is 5.82 Å². The minimum atomic E-state index is 0.798. The average Bonchev–Trinajstić information content (AvgIpc) is 2.39. The second-order valence-corrected chi connectivity index (χ2v) is 2.73. The molecule has 0 fully saturated rings. The molecule has 0 bridgehead atoms. The van der Waals surface area contributed by atoms with Crippen LogP contribution in [0.5, 0.6) is 0 Å². The summed E-state index contributed by atoms with van der Waals surface area (Å²) in [6.07, 6.45) is 1.97. The lowest BCUT2D eigenvalue weighted by atomic mass is 10.3. The topological polar surface area (TPSA) is 57.7 Å². The van der Waals surface area contributed by atoms with E-state index in [0.717, 1.165) is 25.2 Å². The molecule has 0 aliphatic rings. The Balaban J connectivity index is 2.14. The molecule has 1 heterocycles. The number of hydrogen-bond donors (Lipinski definition) is 1. The predicted molar refractivity (Wildman–Crippen MR) is 41.1 cm³/mol. The molecule has 0 aliphatic carbocycles. The number of rotatable bonds is 4. The zero-order valence-corrected chi connectivity index (χ0v) is 6.91. The van der Waals surface area contributed by atoms with Gasteiger partial charge in [-0.05, 0) is 27.1 Å². The number of nitrogens with zero attached hydrogens (tertiary/aromatic N) is 4. The smallest absolute Gasteiger partial charge is 0.174 e. The van der Waals surface area contributed by atoms with E-state index in [1.165, 1.54) is 0 Å². The molecule has 0 amide bonds. The first-order chi connectivity index (χ1) is 5.29. The number of aromatic nitrogens is 4. The summed E-state index contributed by atoms with van der Waals surface area (Å²) >= 11 is 0. The second-order valence-electron chi connectivity index (χ2n) is 2.73. The highest BCUT2D eigenvalue weighted by atomic mass is 15.5. The van der Waals surface area contributed by atoms with Crippen LogP contribution in [-0.2, 0) is 6.42 Å². The first-order valence-electron chi connectivity index (χ1n) is 3.66. The van der Waals surface area contributed by atoms with Crippen molar-refractivity contribution in [3.05, 3.63) is 5.82 Å². The highest BCUT2D eigenvalue weighted by Crippen LogP contribution is 1.92. The Morgan fingerprint density at radius 1 is 1.45 bits per heavy atom. The fraction of sp³-hybridized carbons (Fsp3) is 0.833. The molecular formula is C6H13N5. The van der Waals surface area contributed by atoms with Gasteiger partial charge in [-0.3, -0.25) is 0 Å². The van der Waals surface area contributed by atoms with Crippen molar-refractivity contribution in [3.63, 3.8) is 0 Å². The largest absolute Gasteiger partial charge is 0.309 e. The molecule has 1 rings (SSSR count). The normalized spacial score (nSPS) is 10.8. The zero-order chi connectivity index (χ0) is 8.10. The van der Waals surface area contributed by atoms with Crippen molar-refractivity contribution in [1.29, 1.82) is 0 Å². The molecule has 1 N–H and O–H groups in total. The summed E-state index contributed by atoms with van der Waals surface area (Å²) in [6.45, 7) is 1.06. The standard InChI is InChI=1S/C6H13N5/c1-11(2)5-3-4-6-7-9-10-8-6/h3-5H2,1-2H3,(H,7,8,9,10). The van der Waals surface area contributed by atoms with Crippen LogP contribution in [0.15, 0.2) is 0 Å². The van der Waals surface area contributed by atoms with Crippen molar-refractivity contribution in [2.45, 2.75) is 12.8 Å². The molecule has 0 saturated carbocycles. The molecule has 0 radical (unpaired) electrons. The van der Waals surface area contributed by atoms with Gasteiger partial charge in [-0.25, -0.2) is 0 Å². The first kappa shape index (κ1) is 8.13. The maximum absolute atomic E-state index is 3.85. The predicted octanol–water partition coefficient (Wildman–Crippen LogP) is -0.306. The molecule has 0 aliphatic heterocycles. The zero-order valence-electron chi connectivity index (χ0n) is 6.91. The minimum absolute atomic E-state index is 0.798. The van der Waals surface area contributed by atoms with Gasteiger partial charge in [0, 0.05) is 6.42 Å². The van der Waals surface area contributed by atoms with E-state index in [4.69, 9.17) is 0 Å². The Morgan fingerprint density at radius 2 is 2.27 bits per heavy atom. The van der Waals surface area contributed by atoms with E-state index in [1.54, 1.807) is 0 Å². The Hall–Kier alpha value is -0.970. The summed E-state index contributed by atoms with van der Waals surface area (Å²) in [5, 5.41) is 13.6. The average molecular weight is 155 g/mol. The molecule has 11 heavy (non-hydrogen) atoms. The molecule has 5 heteroatoms. The van der Waals surface area contributed by atoms with Crippen LogP contribution in [0.25, 0.3) is 0 Å². The van der Waals surface area contributed by atoms with Gasteiger partial charge in [0.25, 0.3) is 0 Å². The van der Waals surface area contributed by atoms with Gasteiger partial charge in [0.2, 0.25) is 0 Å². The molecule has 62 valence electrons. The van der Waals surface area contributed by atoms with Crippen molar-refractivity contribution in [2.75, 3.05) is 20.6 Å². The van der Waals surface area contributed by atoms with E-state index in [0.29, 0.717) is 0 Å². The minimum Gasteiger partial charge on any atom is -0.309 e. The summed E-state index contributed by atoms with van der Waals surface area (Å²) in [6, 6.07) is 0. The molecule has 0 saturated heterocycles. The lowest BCUT2D eigenvalue weighted by molar-refractivity contribution is 0.398. The molecule has 1 aromatic heterocycles. The summed E-state index contributed by atoms with van der Waals surface area (Å²) < 4.78 is 0. The Labute approximate surface area is 65.8 Å². The fourth-order valence-electron chi connectivity index (χ4n) is 0.842. The van der Waals surface area contributed by atoms with E-state index in [9.17, 15) is 0 Å². The SMILES string of the molecule is CN(C)CCCc1nn[nH]n1. The number of H-pyrrole nitrogens is 1. The molecule has 1 aromatic rings. The third kappa shape index (κ3) is 3.08. The molecule has 0 unspecified atom stereocenters. The van der Waals surface area contributed by atoms with Crippen molar-refractivity contribution in [3.8, 4) is 0 Å². The third-order valence-electron chi connectivity index (χ3n) is 1.39. The van der Waals surface area contributed by atoms with Crippen LogP contribution in [0.1, 0.15) is 12.2 Å². The van der Waals surface area contributed by atoms with Gasteiger partial charge < -0.3 is 4.90 Å². The molecule has 0 aromatic carbocycles.